The highest BCUT2D eigenvalue weighted by Crippen LogP contribution is 2.40. The van der Waals surface area contributed by atoms with Gasteiger partial charge in [0.25, 0.3) is 0 Å². The molecule has 1 heteroatoms. The van der Waals surface area contributed by atoms with Gasteiger partial charge in [0, 0.05) is 6.61 Å². The lowest BCUT2D eigenvalue weighted by atomic mass is 9.67. The van der Waals surface area contributed by atoms with E-state index in [1.54, 1.807) is 0 Å². The molecule has 1 aliphatic carbocycles. The SMILES string of the molecule is CC(C)C1CCC(C)C(C(C)CO)C1. The number of rotatable bonds is 3. The van der Waals surface area contributed by atoms with E-state index >= 15 is 0 Å². The van der Waals surface area contributed by atoms with Crippen molar-refractivity contribution in [2.24, 2.45) is 29.6 Å². The Balaban J connectivity index is 2.55. The lowest BCUT2D eigenvalue weighted by Gasteiger charge is -2.39. The molecule has 1 nitrogen and oxygen atoms in total. The smallest absolute Gasteiger partial charge is 0.0459 e. The quantitative estimate of drug-likeness (QED) is 0.737. The molecule has 0 aromatic rings. The van der Waals surface area contributed by atoms with E-state index in [1.165, 1.54) is 19.3 Å². The summed E-state index contributed by atoms with van der Waals surface area (Å²) in [6.07, 6.45) is 4.09. The first-order valence-electron chi connectivity index (χ1n) is 6.17. The molecule has 1 N–H and O–H groups in total. The van der Waals surface area contributed by atoms with Crippen LogP contribution in [0.3, 0.4) is 0 Å². The van der Waals surface area contributed by atoms with Gasteiger partial charge in [-0.3, -0.25) is 0 Å². The molecule has 1 rings (SSSR count). The summed E-state index contributed by atoms with van der Waals surface area (Å²) in [5.41, 5.74) is 0. The van der Waals surface area contributed by atoms with E-state index in [0.29, 0.717) is 12.5 Å². The van der Waals surface area contributed by atoms with Gasteiger partial charge in [-0.25, -0.2) is 0 Å². The van der Waals surface area contributed by atoms with Crippen molar-refractivity contribution in [1.82, 2.24) is 0 Å². The molecule has 1 saturated carbocycles. The van der Waals surface area contributed by atoms with Crippen molar-refractivity contribution in [2.75, 3.05) is 6.61 Å². The van der Waals surface area contributed by atoms with Crippen LogP contribution < -0.4 is 0 Å². The number of aliphatic hydroxyl groups excluding tert-OH is 1. The third-order valence-corrected chi connectivity index (χ3v) is 4.26. The Morgan fingerprint density at radius 1 is 1.21 bits per heavy atom. The standard InChI is InChI=1S/C13H26O/c1-9(2)12-6-5-10(3)13(7-12)11(4)8-14/h9-14H,5-8H2,1-4H3. The maximum absolute atomic E-state index is 9.23. The molecule has 0 bridgehead atoms. The average Bonchev–Trinajstić information content (AvgIpc) is 2.17. The van der Waals surface area contributed by atoms with Gasteiger partial charge in [0.2, 0.25) is 0 Å². The molecule has 0 aromatic heterocycles. The van der Waals surface area contributed by atoms with E-state index in [1.807, 2.05) is 0 Å². The van der Waals surface area contributed by atoms with Gasteiger partial charge in [0.1, 0.15) is 0 Å². The number of hydrogen-bond acceptors (Lipinski definition) is 1. The second-order valence-corrected chi connectivity index (χ2v) is 5.62. The van der Waals surface area contributed by atoms with Gasteiger partial charge >= 0.3 is 0 Å². The topological polar surface area (TPSA) is 20.2 Å². The molecule has 0 radical (unpaired) electrons. The molecule has 0 heterocycles. The first-order chi connectivity index (χ1) is 6.56. The lowest BCUT2D eigenvalue weighted by molar-refractivity contribution is 0.0811. The summed E-state index contributed by atoms with van der Waals surface area (Å²) in [4.78, 5) is 0. The minimum absolute atomic E-state index is 0.361. The minimum Gasteiger partial charge on any atom is -0.396 e. The largest absolute Gasteiger partial charge is 0.396 e. The summed E-state index contributed by atoms with van der Waals surface area (Å²) in [6.45, 7) is 9.58. The van der Waals surface area contributed by atoms with Crippen LogP contribution in [0.25, 0.3) is 0 Å². The summed E-state index contributed by atoms with van der Waals surface area (Å²) < 4.78 is 0. The van der Waals surface area contributed by atoms with E-state index < -0.39 is 0 Å². The fraction of sp³-hybridized carbons (Fsp3) is 1.00. The van der Waals surface area contributed by atoms with Crippen LogP contribution in [0.2, 0.25) is 0 Å². The van der Waals surface area contributed by atoms with Crippen LogP contribution >= 0.6 is 0 Å². The summed E-state index contributed by atoms with van der Waals surface area (Å²) in [7, 11) is 0. The summed E-state index contributed by atoms with van der Waals surface area (Å²) in [5, 5.41) is 9.23. The highest BCUT2D eigenvalue weighted by Gasteiger charge is 2.31. The fourth-order valence-corrected chi connectivity index (χ4v) is 2.92. The van der Waals surface area contributed by atoms with E-state index in [9.17, 15) is 5.11 Å². The van der Waals surface area contributed by atoms with Gasteiger partial charge in [-0.1, -0.05) is 34.1 Å². The predicted molar refractivity (Wildman–Crippen MR) is 61.1 cm³/mol. The normalized spacial score (nSPS) is 36.0. The van der Waals surface area contributed by atoms with Crippen LogP contribution in [0.4, 0.5) is 0 Å². The summed E-state index contributed by atoms with van der Waals surface area (Å²) in [5.74, 6) is 3.76. The van der Waals surface area contributed by atoms with Gasteiger partial charge < -0.3 is 5.11 Å². The van der Waals surface area contributed by atoms with Crippen molar-refractivity contribution in [2.45, 2.75) is 47.0 Å². The fourth-order valence-electron chi connectivity index (χ4n) is 2.92. The molecule has 1 aliphatic rings. The van der Waals surface area contributed by atoms with Crippen molar-refractivity contribution in [3.05, 3.63) is 0 Å². The van der Waals surface area contributed by atoms with Crippen molar-refractivity contribution in [3.63, 3.8) is 0 Å². The molecule has 1 fully saturated rings. The van der Waals surface area contributed by atoms with Gasteiger partial charge in [-0.15, -0.1) is 0 Å². The lowest BCUT2D eigenvalue weighted by Crippen LogP contribution is -2.31. The van der Waals surface area contributed by atoms with Gasteiger partial charge in [-0.05, 0) is 42.4 Å². The average molecular weight is 198 g/mol. The Labute approximate surface area is 88.9 Å². The summed E-state index contributed by atoms with van der Waals surface area (Å²) in [6, 6.07) is 0. The molecule has 0 aliphatic heterocycles. The Bertz CT molecular complexity index is 161. The highest BCUT2D eigenvalue weighted by molar-refractivity contribution is 4.82. The zero-order valence-electron chi connectivity index (χ0n) is 10.2. The molecular weight excluding hydrogens is 172 g/mol. The molecule has 14 heavy (non-hydrogen) atoms. The molecule has 0 amide bonds. The van der Waals surface area contributed by atoms with Crippen LogP contribution in [0.1, 0.15) is 47.0 Å². The van der Waals surface area contributed by atoms with Crippen LogP contribution in [0, 0.1) is 29.6 Å². The maximum atomic E-state index is 9.23. The third kappa shape index (κ3) is 2.73. The van der Waals surface area contributed by atoms with Crippen molar-refractivity contribution in [3.8, 4) is 0 Å². The van der Waals surface area contributed by atoms with E-state index in [4.69, 9.17) is 0 Å². The second-order valence-electron chi connectivity index (χ2n) is 5.62. The van der Waals surface area contributed by atoms with Crippen molar-refractivity contribution in [1.29, 1.82) is 0 Å². The monoisotopic (exact) mass is 198 g/mol. The van der Waals surface area contributed by atoms with Gasteiger partial charge in [0.05, 0.1) is 0 Å². The van der Waals surface area contributed by atoms with Gasteiger partial charge in [0.15, 0.2) is 0 Å². The first kappa shape index (κ1) is 12.0. The molecule has 0 spiro atoms. The molecule has 0 saturated heterocycles. The summed E-state index contributed by atoms with van der Waals surface area (Å²) >= 11 is 0. The maximum Gasteiger partial charge on any atom is 0.0459 e. The predicted octanol–water partition coefficient (Wildman–Crippen LogP) is 3.32. The minimum atomic E-state index is 0.361. The molecule has 0 aromatic carbocycles. The zero-order chi connectivity index (χ0) is 10.7. The van der Waals surface area contributed by atoms with Crippen molar-refractivity contribution < 1.29 is 5.11 Å². The van der Waals surface area contributed by atoms with E-state index in [0.717, 1.165) is 23.7 Å². The third-order valence-electron chi connectivity index (χ3n) is 4.26. The molecule has 4 atom stereocenters. The van der Waals surface area contributed by atoms with Gasteiger partial charge in [-0.2, -0.15) is 0 Å². The van der Waals surface area contributed by atoms with Crippen LogP contribution in [0.15, 0.2) is 0 Å². The van der Waals surface area contributed by atoms with Crippen LogP contribution in [0.5, 0.6) is 0 Å². The Morgan fingerprint density at radius 3 is 2.36 bits per heavy atom. The van der Waals surface area contributed by atoms with Crippen LogP contribution in [-0.2, 0) is 0 Å². The number of aliphatic hydroxyl groups is 1. The molecule has 84 valence electrons. The first-order valence-corrected chi connectivity index (χ1v) is 6.17. The van der Waals surface area contributed by atoms with E-state index in [-0.39, 0.29) is 0 Å². The molecular formula is C13H26O. The number of hydrogen-bond donors (Lipinski definition) is 1. The molecule has 4 unspecified atom stereocenters. The van der Waals surface area contributed by atoms with Crippen LogP contribution in [-0.4, -0.2) is 11.7 Å². The Hall–Kier alpha value is -0.0400. The highest BCUT2D eigenvalue weighted by atomic mass is 16.3. The van der Waals surface area contributed by atoms with Crippen molar-refractivity contribution >= 4 is 0 Å². The Morgan fingerprint density at radius 2 is 1.86 bits per heavy atom. The second kappa shape index (κ2) is 5.16. The Kier molecular flexibility index (Phi) is 4.43. The van der Waals surface area contributed by atoms with E-state index in [2.05, 4.69) is 27.7 Å². The zero-order valence-corrected chi connectivity index (χ0v) is 10.2.